The van der Waals surface area contributed by atoms with Gasteiger partial charge in [0.2, 0.25) is 0 Å². The van der Waals surface area contributed by atoms with Gasteiger partial charge < -0.3 is 0 Å². The van der Waals surface area contributed by atoms with Gasteiger partial charge in [0.1, 0.15) is 0 Å². The Kier molecular flexibility index (Phi) is 4.02. The third-order valence-electron chi connectivity index (χ3n) is 2.69. The molecule has 18 heavy (non-hydrogen) atoms. The maximum atomic E-state index is 4.60. The summed E-state index contributed by atoms with van der Waals surface area (Å²) in [4.78, 5) is 8.67. The van der Waals surface area contributed by atoms with Gasteiger partial charge in [-0.1, -0.05) is 48.5 Å². The minimum atomic E-state index is 0.746. The van der Waals surface area contributed by atoms with Crippen molar-refractivity contribution in [3.63, 3.8) is 0 Å². The first-order chi connectivity index (χ1) is 8.86. The molecule has 2 rings (SSSR count). The van der Waals surface area contributed by atoms with Crippen LogP contribution in [-0.4, -0.2) is 19.0 Å². The van der Waals surface area contributed by atoms with E-state index in [0.29, 0.717) is 0 Å². The molecular formula is C16H16N2. The van der Waals surface area contributed by atoms with Gasteiger partial charge >= 0.3 is 0 Å². The lowest BCUT2D eigenvalue weighted by Crippen LogP contribution is -2.04. The van der Waals surface area contributed by atoms with Crippen LogP contribution in [0.25, 0.3) is 0 Å². The summed E-state index contributed by atoms with van der Waals surface area (Å²) >= 11 is 0. The molecule has 90 valence electrons. The molecule has 0 fully saturated rings. The predicted octanol–water partition coefficient (Wildman–Crippen LogP) is 3.88. The van der Waals surface area contributed by atoms with Gasteiger partial charge in [-0.25, -0.2) is 0 Å². The molecule has 0 aliphatic heterocycles. The number of aliphatic imine (C=N–C) groups is 2. The average molecular weight is 236 g/mol. The Morgan fingerprint density at radius 1 is 1.00 bits per heavy atom. The van der Waals surface area contributed by atoms with E-state index in [1.165, 1.54) is 0 Å². The summed E-state index contributed by atoms with van der Waals surface area (Å²) in [6, 6.07) is 18.1. The number of benzene rings is 2. The van der Waals surface area contributed by atoms with Gasteiger partial charge in [-0.05, 0) is 19.7 Å². The SMILES string of the molecule is C=Nc1ccccc1C(=NCC)c1ccccc1. The van der Waals surface area contributed by atoms with Crippen molar-refractivity contribution in [2.45, 2.75) is 6.92 Å². The molecule has 0 heterocycles. The first kappa shape index (κ1) is 12.2. The van der Waals surface area contributed by atoms with Gasteiger partial charge in [0.05, 0.1) is 11.4 Å². The molecular weight excluding hydrogens is 220 g/mol. The summed E-state index contributed by atoms with van der Waals surface area (Å²) in [5.74, 6) is 0. The monoisotopic (exact) mass is 236 g/mol. The minimum Gasteiger partial charge on any atom is -0.284 e. The van der Waals surface area contributed by atoms with Crippen LogP contribution in [0, 0.1) is 0 Å². The number of nitrogens with zero attached hydrogens (tertiary/aromatic N) is 2. The molecule has 0 bridgehead atoms. The van der Waals surface area contributed by atoms with Crippen LogP contribution in [0.1, 0.15) is 18.1 Å². The average Bonchev–Trinajstić information content (AvgIpc) is 2.46. The largest absolute Gasteiger partial charge is 0.284 e. The quantitative estimate of drug-likeness (QED) is 0.720. The van der Waals surface area contributed by atoms with Crippen LogP contribution in [0.3, 0.4) is 0 Å². The van der Waals surface area contributed by atoms with E-state index in [1.54, 1.807) is 0 Å². The van der Waals surface area contributed by atoms with Gasteiger partial charge in [-0.3, -0.25) is 9.98 Å². The van der Waals surface area contributed by atoms with E-state index in [1.807, 2.05) is 49.4 Å². The summed E-state index contributed by atoms with van der Waals surface area (Å²) in [6.07, 6.45) is 0. The van der Waals surface area contributed by atoms with E-state index in [9.17, 15) is 0 Å². The summed E-state index contributed by atoms with van der Waals surface area (Å²) < 4.78 is 0. The Morgan fingerprint density at radius 2 is 1.67 bits per heavy atom. The Bertz CT molecular complexity index is 556. The highest BCUT2D eigenvalue weighted by atomic mass is 14.8. The third-order valence-corrected chi connectivity index (χ3v) is 2.69. The molecule has 0 unspecified atom stereocenters. The Hall–Kier alpha value is -2.22. The molecule has 2 aromatic carbocycles. The second-order valence-corrected chi connectivity index (χ2v) is 3.86. The zero-order chi connectivity index (χ0) is 12.8. The van der Waals surface area contributed by atoms with Crippen molar-refractivity contribution in [2.24, 2.45) is 9.98 Å². The number of hydrogen-bond acceptors (Lipinski definition) is 2. The normalized spacial score (nSPS) is 11.3. The zero-order valence-electron chi connectivity index (χ0n) is 10.5. The van der Waals surface area contributed by atoms with Gasteiger partial charge in [0.15, 0.2) is 0 Å². The number of rotatable bonds is 4. The van der Waals surface area contributed by atoms with Crippen molar-refractivity contribution in [1.29, 1.82) is 0 Å². The summed E-state index contributed by atoms with van der Waals surface area (Å²) in [6.45, 7) is 6.40. The lowest BCUT2D eigenvalue weighted by molar-refractivity contribution is 1.13. The van der Waals surface area contributed by atoms with Crippen molar-refractivity contribution >= 4 is 18.1 Å². The summed E-state index contributed by atoms with van der Waals surface area (Å²) in [5.41, 5.74) is 3.98. The van der Waals surface area contributed by atoms with Crippen molar-refractivity contribution in [1.82, 2.24) is 0 Å². The Morgan fingerprint density at radius 3 is 2.33 bits per heavy atom. The van der Waals surface area contributed by atoms with Gasteiger partial charge in [0, 0.05) is 17.7 Å². The van der Waals surface area contributed by atoms with Crippen molar-refractivity contribution < 1.29 is 0 Å². The smallest absolute Gasteiger partial charge is 0.0740 e. The fraction of sp³-hybridized carbons (Fsp3) is 0.125. The molecule has 2 nitrogen and oxygen atoms in total. The molecule has 0 aliphatic carbocycles. The molecule has 0 atom stereocenters. The van der Waals surface area contributed by atoms with Gasteiger partial charge in [0.25, 0.3) is 0 Å². The van der Waals surface area contributed by atoms with Crippen LogP contribution >= 0.6 is 0 Å². The summed E-state index contributed by atoms with van der Waals surface area (Å²) in [7, 11) is 0. The highest BCUT2D eigenvalue weighted by Crippen LogP contribution is 2.22. The topological polar surface area (TPSA) is 24.7 Å². The van der Waals surface area contributed by atoms with Crippen LogP contribution in [0.5, 0.6) is 0 Å². The predicted molar refractivity (Wildman–Crippen MR) is 78.3 cm³/mol. The Balaban J connectivity index is 2.56. The fourth-order valence-corrected chi connectivity index (χ4v) is 1.90. The van der Waals surface area contributed by atoms with Gasteiger partial charge in [-0.2, -0.15) is 0 Å². The standard InChI is InChI=1S/C16H16N2/c1-3-18-16(13-9-5-4-6-10-13)14-11-7-8-12-15(14)17-2/h4-12H,2-3H2,1H3. The molecule has 0 amide bonds. The van der Waals surface area contributed by atoms with Crippen molar-refractivity contribution in [3.8, 4) is 0 Å². The zero-order valence-corrected chi connectivity index (χ0v) is 10.5. The lowest BCUT2D eigenvalue weighted by atomic mass is 10.0. The molecule has 2 heteroatoms. The van der Waals surface area contributed by atoms with E-state index in [0.717, 1.165) is 29.1 Å². The van der Waals surface area contributed by atoms with Crippen molar-refractivity contribution in [2.75, 3.05) is 6.54 Å². The van der Waals surface area contributed by atoms with Crippen LogP contribution in [0.15, 0.2) is 64.6 Å². The van der Waals surface area contributed by atoms with E-state index in [2.05, 4.69) is 28.8 Å². The highest BCUT2D eigenvalue weighted by Gasteiger charge is 2.09. The number of para-hydroxylation sites is 1. The van der Waals surface area contributed by atoms with Gasteiger partial charge in [-0.15, -0.1) is 0 Å². The van der Waals surface area contributed by atoms with E-state index in [4.69, 9.17) is 0 Å². The van der Waals surface area contributed by atoms with Crippen molar-refractivity contribution in [3.05, 3.63) is 65.7 Å². The molecule has 0 aromatic heterocycles. The van der Waals surface area contributed by atoms with Crippen LogP contribution in [0.2, 0.25) is 0 Å². The minimum absolute atomic E-state index is 0.746. The van der Waals surface area contributed by atoms with Crippen LogP contribution < -0.4 is 0 Å². The third kappa shape index (κ3) is 2.54. The second kappa shape index (κ2) is 5.92. The highest BCUT2D eigenvalue weighted by molar-refractivity contribution is 6.15. The summed E-state index contributed by atoms with van der Waals surface area (Å²) in [5, 5.41) is 0. The van der Waals surface area contributed by atoms with E-state index < -0.39 is 0 Å². The van der Waals surface area contributed by atoms with Crippen LogP contribution in [0.4, 0.5) is 5.69 Å². The van der Waals surface area contributed by atoms with Crippen LogP contribution in [-0.2, 0) is 0 Å². The molecule has 0 radical (unpaired) electrons. The first-order valence-corrected chi connectivity index (χ1v) is 6.02. The molecule has 2 aromatic rings. The second-order valence-electron chi connectivity index (χ2n) is 3.86. The molecule has 0 spiro atoms. The lowest BCUT2D eigenvalue weighted by Gasteiger charge is -2.09. The first-order valence-electron chi connectivity index (χ1n) is 6.02. The van der Waals surface area contributed by atoms with E-state index >= 15 is 0 Å². The molecule has 0 aliphatic rings. The molecule has 0 saturated heterocycles. The maximum Gasteiger partial charge on any atom is 0.0740 e. The fourth-order valence-electron chi connectivity index (χ4n) is 1.90. The maximum absolute atomic E-state index is 4.60. The Labute approximate surface area is 108 Å². The van der Waals surface area contributed by atoms with E-state index in [-0.39, 0.29) is 0 Å². The molecule has 0 saturated carbocycles. The number of hydrogen-bond donors (Lipinski definition) is 0. The molecule has 0 N–H and O–H groups in total.